The molecule has 1 fully saturated rings. The second-order valence-corrected chi connectivity index (χ2v) is 6.62. The van der Waals surface area contributed by atoms with Crippen LogP contribution in [0, 0.1) is 6.92 Å². The van der Waals surface area contributed by atoms with Crippen molar-refractivity contribution >= 4 is 23.2 Å². The van der Waals surface area contributed by atoms with E-state index < -0.39 is 0 Å². The van der Waals surface area contributed by atoms with Gasteiger partial charge in [0.15, 0.2) is 0 Å². The average Bonchev–Trinajstić information content (AvgIpc) is 2.92. The maximum Gasteiger partial charge on any atom is 0.264 e. The molecule has 116 valence electrons. The maximum atomic E-state index is 12.3. The van der Waals surface area contributed by atoms with Crippen molar-refractivity contribution in [2.24, 2.45) is 0 Å². The minimum atomic E-state index is 0.0745. The summed E-state index contributed by atoms with van der Waals surface area (Å²) in [6, 6.07) is 3.87. The largest absolute Gasteiger partial charge is 0.355 e. The standard InChI is InChI=1S/C15H23N3O2S/c1-3-6-16-14(19)11-17-7-9-18(10-8-17)15(20)13-5-4-12(2)21-13/h4-5H,3,6-11H2,1-2H3,(H,16,19). The Bertz CT molecular complexity index is 493. The molecule has 0 aromatic carbocycles. The number of amides is 2. The highest BCUT2D eigenvalue weighted by molar-refractivity contribution is 7.13. The molecule has 0 radical (unpaired) electrons. The number of carbonyl (C=O) groups excluding carboxylic acids is 2. The molecule has 1 aromatic rings. The Labute approximate surface area is 129 Å². The van der Waals surface area contributed by atoms with E-state index in [9.17, 15) is 9.59 Å². The number of nitrogens with one attached hydrogen (secondary N) is 1. The normalized spacial score (nSPS) is 16.0. The summed E-state index contributed by atoms with van der Waals surface area (Å²) in [5, 5.41) is 2.88. The van der Waals surface area contributed by atoms with E-state index in [0.29, 0.717) is 19.6 Å². The van der Waals surface area contributed by atoms with Gasteiger partial charge < -0.3 is 10.2 Å². The van der Waals surface area contributed by atoms with Gasteiger partial charge in [0.25, 0.3) is 5.91 Å². The molecule has 0 saturated carbocycles. The second-order valence-electron chi connectivity index (χ2n) is 5.33. The lowest BCUT2D eigenvalue weighted by atomic mass is 10.3. The summed E-state index contributed by atoms with van der Waals surface area (Å²) in [4.78, 5) is 30.0. The van der Waals surface area contributed by atoms with Crippen molar-refractivity contribution in [1.82, 2.24) is 15.1 Å². The third kappa shape index (κ3) is 4.54. The van der Waals surface area contributed by atoms with Crippen molar-refractivity contribution < 1.29 is 9.59 Å². The molecule has 0 unspecified atom stereocenters. The summed E-state index contributed by atoms with van der Waals surface area (Å²) in [7, 11) is 0. The Morgan fingerprint density at radius 1 is 1.24 bits per heavy atom. The van der Waals surface area contributed by atoms with Crippen molar-refractivity contribution in [3.05, 3.63) is 21.9 Å². The number of piperazine rings is 1. The van der Waals surface area contributed by atoms with Crippen LogP contribution in [0.25, 0.3) is 0 Å². The highest BCUT2D eigenvalue weighted by atomic mass is 32.1. The zero-order chi connectivity index (χ0) is 15.2. The van der Waals surface area contributed by atoms with Crippen LogP contribution in [0.4, 0.5) is 0 Å². The fourth-order valence-electron chi connectivity index (χ4n) is 2.34. The number of thiophene rings is 1. The highest BCUT2D eigenvalue weighted by Gasteiger charge is 2.23. The van der Waals surface area contributed by atoms with Crippen molar-refractivity contribution in [2.45, 2.75) is 20.3 Å². The van der Waals surface area contributed by atoms with Gasteiger partial charge in [-0.15, -0.1) is 11.3 Å². The van der Waals surface area contributed by atoms with Crippen LogP contribution in [0.1, 0.15) is 27.9 Å². The van der Waals surface area contributed by atoms with Crippen LogP contribution in [0.5, 0.6) is 0 Å². The fraction of sp³-hybridized carbons (Fsp3) is 0.600. The quantitative estimate of drug-likeness (QED) is 0.893. The van der Waals surface area contributed by atoms with Crippen LogP contribution in [0.15, 0.2) is 12.1 Å². The Morgan fingerprint density at radius 3 is 2.52 bits per heavy atom. The number of hydrogen-bond acceptors (Lipinski definition) is 4. The molecule has 0 bridgehead atoms. The van der Waals surface area contributed by atoms with E-state index in [2.05, 4.69) is 10.2 Å². The minimum Gasteiger partial charge on any atom is -0.355 e. The predicted octanol–water partition coefficient (Wildman–Crippen LogP) is 1.34. The molecule has 5 nitrogen and oxygen atoms in total. The Kier molecular flexibility index (Phi) is 5.76. The molecule has 1 aliphatic rings. The van der Waals surface area contributed by atoms with E-state index in [-0.39, 0.29) is 11.8 Å². The van der Waals surface area contributed by atoms with Crippen molar-refractivity contribution in [2.75, 3.05) is 39.3 Å². The first-order valence-electron chi connectivity index (χ1n) is 7.45. The van der Waals surface area contributed by atoms with Crippen LogP contribution in [-0.4, -0.2) is 60.9 Å². The first kappa shape index (κ1) is 16.0. The molecule has 2 amide bonds. The van der Waals surface area contributed by atoms with Gasteiger partial charge >= 0.3 is 0 Å². The predicted molar refractivity (Wildman–Crippen MR) is 84.7 cm³/mol. The smallest absolute Gasteiger partial charge is 0.264 e. The monoisotopic (exact) mass is 309 g/mol. The molecule has 6 heteroatoms. The summed E-state index contributed by atoms with van der Waals surface area (Å²) in [6.07, 6.45) is 0.953. The molecule has 0 aliphatic carbocycles. The van der Waals surface area contributed by atoms with Crippen molar-refractivity contribution in [3.63, 3.8) is 0 Å². The van der Waals surface area contributed by atoms with Gasteiger partial charge in [0.05, 0.1) is 11.4 Å². The first-order chi connectivity index (χ1) is 10.1. The molecule has 1 aliphatic heterocycles. The zero-order valence-corrected chi connectivity index (χ0v) is 13.5. The van der Waals surface area contributed by atoms with Gasteiger partial charge in [-0.05, 0) is 25.5 Å². The van der Waals surface area contributed by atoms with Crippen LogP contribution >= 0.6 is 11.3 Å². The molecule has 1 aromatic heterocycles. The molecular weight excluding hydrogens is 286 g/mol. The number of carbonyl (C=O) groups is 2. The van der Waals surface area contributed by atoms with E-state index in [0.717, 1.165) is 35.8 Å². The highest BCUT2D eigenvalue weighted by Crippen LogP contribution is 2.18. The van der Waals surface area contributed by atoms with Crippen LogP contribution < -0.4 is 5.32 Å². The van der Waals surface area contributed by atoms with Gasteiger partial charge in [0.1, 0.15) is 0 Å². The van der Waals surface area contributed by atoms with Crippen LogP contribution in [0.2, 0.25) is 0 Å². The zero-order valence-electron chi connectivity index (χ0n) is 12.7. The van der Waals surface area contributed by atoms with Gasteiger partial charge in [-0.3, -0.25) is 14.5 Å². The fourth-order valence-corrected chi connectivity index (χ4v) is 3.17. The molecule has 2 rings (SSSR count). The Hall–Kier alpha value is -1.40. The van der Waals surface area contributed by atoms with Crippen molar-refractivity contribution in [3.8, 4) is 0 Å². The third-order valence-corrected chi connectivity index (χ3v) is 4.54. The molecule has 0 spiro atoms. The van der Waals surface area contributed by atoms with Gasteiger partial charge in [-0.1, -0.05) is 6.92 Å². The third-order valence-electron chi connectivity index (χ3n) is 3.55. The number of aryl methyl sites for hydroxylation is 1. The summed E-state index contributed by atoms with van der Waals surface area (Å²) in [5.41, 5.74) is 0. The van der Waals surface area contributed by atoms with Crippen LogP contribution in [0.3, 0.4) is 0 Å². The summed E-state index contributed by atoms with van der Waals surface area (Å²) < 4.78 is 0. The summed E-state index contributed by atoms with van der Waals surface area (Å²) in [5.74, 6) is 0.189. The lowest BCUT2D eigenvalue weighted by Gasteiger charge is -2.34. The van der Waals surface area contributed by atoms with Gasteiger partial charge in [0, 0.05) is 37.6 Å². The van der Waals surface area contributed by atoms with Gasteiger partial charge in [0.2, 0.25) is 5.91 Å². The average molecular weight is 309 g/mol. The molecule has 1 saturated heterocycles. The molecule has 2 heterocycles. The summed E-state index contributed by atoms with van der Waals surface area (Å²) in [6.45, 7) is 8.11. The summed E-state index contributed by atoms with van der Waals surface area (Å²) >= 11 is 1.54. The Morgan fingerprint density at radius 2 is 1.95 bits per heavy atom. The minimum absolute atomic E-state index is 0.0745. The molecule has 0 atom stereocenters. The van der Waals surface area contributed by atoms with E-state index in [1.807, 2.05) is 30.9 Å². The van der Waals surface area contributed by atoms with E-state index >= 15 is 0 Å². The lowest BCUT2D eigenvalue weighted by Crippen LogP contribution is -2.51. The van der Waals surface area contributed by atoms with E-state index in [4.69, 9.17) is 0 Å². The maximum absolute atomic E-state index is 12.3. The Balaban J connectivity index is 1.78. The van der Waals surface area contributed by atoms with Crippen LogP contribution in [-0.2, 0) is 4.79 Å². The van der Waals surface area contributed by atoms with Gasteiger partial charge in [-0.25, -0.2) is 0 Å². The molecule has 21 heavy (non-hydrogen) atoms. The number of nitrogens with zero attached hydrogens (tertiary/aromatic N) is 2. The first-order valence-corrected chi connectivity index (χ1v) is 8.26. The van der Waals surface area contributed by atoms with Crippen molar-refractivity contribution in [1.29, 1.82) is 0 Å². The van der Waals surface area contributed by atoms with E-state index in [1.54, 1.807) is 11.3 Å². The second kappa shape index (κ2) is 7.56. The molecular formula is C15H23N3O2S. The SMILES string of the molecule is CCCNC(=O)CN1CCN(C(=O)c2ccc(C)s2)CC1. The number of rotatable bonds is 5. The lowest BCUT2D eigenvalue weighted by molar-refractivity contribution is -0.122. The number of hydrogen-bond donors (Lipinski definition) is 1. The van der Waals surface area contributed by atoms with Gasteiger partial charge in [-0.2, -0.15) is 0 Å². The molecule has 1 N–H and O–H groups in total. The van der Waals surface area contributed by atoms with E-state index in [1.165, 1.54) is 0 Å². The topological polar surface area (TPSA) is 52.7 Å².